The normalized spacial score (nSPS) is 11.3. The summed E-state index contributed by atoms with van der Waals surface area (Å²) in [5.74, 6) is -0.147. The number of halogens is 2. The van der Waals surface area contributed by atoms with Gasteiger partial charge in [0.25, 0.3) is 0 Å². The van der Waals surface area contributed by atoms with Crippen LogP contribution >= 0.6 is 0 Å². The van der Waals surface area contributed by atoms with Gasteiger partial charge >= 0.3 is 6.61 Å². The molecule has 3 nitrogen and oxygen atoms in total. The summed E-state index contributed by atoms with van der Waals surface area (Å²) in [6.07, 6.45) is 2.89. The fourth-order valence-corrected chi connectivity index (χ4v) is 2.37. The predicted octanol–water partition coefficient (Wildman–Crippen LogP) is 4.74. The molecule has 0 unspecified atom stereocenters. The van der Waals surface area contributed by atoms with Gasteiger partial charge in [0.2, 0.25) is 5.91 Å². The van der Waals surface area contributed by atoms with Crippen LogP contribution < -0.4 is 4.74 Å². The molecule has 5 heteroatoms. The lowest BCUT2D eigenvalue weighted by Gasteiger charge is -2.25. The van der Waals surface area contributed by atoms with Crippen LogP contribution in [0.2, 0.25) is 0 Å². The fourth-order valence-electron chi connectivity index (χ4n) is 2.37. The van der Waals surface area contributed by atoms with Crippen LogP contribution in [0.15, 0.2) is 60.7 Å². The maximum Gasteiger partial charge on any atom is 0.387 e. The molecule has 0 aliphatic heterocycles. The van der Waals surface area contributed by atoms with Crippen LogP contribution in [-0.4, -0.2) is 23.5 Å². The zero-order valence-electron chi connectivity index (χ0n) is 14.2. The summed E-state index contributed by atoms with van der Waals surface area (Å²) < 4.78 is 29.4. The van der Waals surface area contributed by atoms with Gasteiger partial charge in [-0.25, -0.2) is 0 Å². The monoisotopic (exact) mass is 345 g/mol. The highest BCUT2D eigenvalue weighted by Crippen LogP contribution is 2.22. The number of rotatable bonds is 7. The minimum Gasteiger partial charge on any atom is -0.434 e. The summed E-state index contributed by atoms with van der Waals surface area (Å²) in [4.78, 5) is 14.3. The molecule has 0 aliphatic carbocycles. The van der Waals surface area contributed by atoms with Gasteiger partial charge in [-0.2, -0.15) is 8.78 Å². The Morgan fingerprint density at radius 2 is 1.72 bits per heavy atom. The Labute approximate surface area is 146 Å². The van der Waals surface area contributed by atoms with Crippen LogP contribution in [-0.2, 0) is 11.3 Å². The van der Waals surface area contributed by atoms with Crippen LogP contribution in [0.4, 0.5) is 8.78 Å². The molecule has 0 aromatic heterocycles. The molecule has 0 saturated heterocycles. The third kappa shape index (κ3) is 5.71. The van der Waals surface area contributed by atoms with Gasteiger partial charge in [0.15, 0.2) is 0 Å². The van der Waals surface area contributed by atoms with Crippen molar-refractivity contribution in [2.75, 3.05) is 0 Å². The molecule has 2 aromatic carbocycles. The van der Waals surface area contributed by atoms with Crippen molar-refractivity contribution < 1.29 is 18.3 Å². The molecular formula is C20H21F2NO2. The van der Waals surface area contributed by atoms with Gasteiger partial charge in [0, 0.05) is 24.2 Å². The number of alkyl halides is 2. The van der Waals surface area contributed by atoms with Crippen LogP contribution in [0.1, 0.15) is 25.0 Å². The summed E-state index contributed by atoms with van der Waals surface area (Å²) >= 11 is 0. The lowest BCUT2D eigenvalue weighted by atomic mass is 10.1. The molecule has 0 N–H and O–H groups in total. The SMILES string of the molecule is CC(C)N(Cc1ccccc1)C(=O)/C=C/c1ccccc1OC(F)F. The Hall–Kier alpha value is -2.69. The Morgan fingerprint density at radius 1 is 1.08 bits per heavy atom. The van der Waals surface area contributed by atoms with Gasteiger partial charge in [0.1, 0.15) is 5.75 Å². The van der Waals surface area contributed by atoms with E-state index in [1.54, 1.807) is 23.1 Å². The van der Waals surface area contributed by atoms with Gasteiger partial charge in [0.05, 0.1) is 0 Å². The molecule has 0 spiro atoms. The molecule has 2 aromatic rings. The zero-order chi connectivity index (χ0) is 18.2. The van der Waals surface area contributed by atoms with Gasteiger partial charge in [-0.05, 0) is 31.6 Å². The molecule has 0 heterocycles. The number of carbonyl (C=O) groups is 1. The molecule has 0 bridgehead atoms. The summed E-state index contributed by atoms with van der Waals surface area (Å²) in [6.45, 7) is 1.44. The highest BCUT2D eigenvalue weighted by molar-refractivity contribution is 5.92. The Morgan fingerprint density at radius 3 is 2.36 bits per heavy atom. The molecule has 0 fully saturated rings. The van der Waals surface area contributed by atoms with Crippen molar-refractivity contribution >= 4 is 12.0 Å². The van der Waals surface area contributed by atoms with Crippen molar-refractivity contribution in [3.8, 4) is 5.75 Å². The van der Waals surface area contributed by atoms with Crippen molar-refractivity contribution in [1.82, 2.24) is 4.90 Å². The molecule has 0 aliphatic rings. The van der Waals surface area contributed by atoms with Crippen molar-refractivity contribution in [2.24, 2.45) is 0 Å². The zero-order valence-corrected chi connectivity index (χ0v) is 14.2. The number of nitrogens with zero attached hydrogens (tertiary/aromatic N) is 1. The lowest BCUT2D eigenvalue weighted by molar-refractivity contribution is -0.128. The largest absolute Gasteiger partial charge is 0.434 e. The molecule has 1 amide bonds. The first-order valence-electron chi connectivity index (χ1n) is 8.04. The number of carbonyl (C=O) groups excluding carboxylic acids is 1. The summed E-state index contributed by atoms with van der Waals surface area (Å²) in [5.41, 5.74) is 1.46. The van der Waals surface area contributed by atoms with Gasteiger partial charge in [-0.3, -0.25) is 4.79 Å². The molecule has 132 valence electrons. The number of hydrogen-bond donors (Lipinski definition) is 0. The standard InChI is InChI=1S/C20H21F2NO2/c1-15(2)23(14-16-8-4-3-5-9-16)19(24)13-12-17-10-6-7-11-18(17)25-20(21)22/h3-13,15,20H,14H2,1-2H3/b13-12+. The Balaban J connectivity index is 2.14. The van der Waals surface area contributed by atoms with E-state index in [4.69, 9.17) is 0 Å². The molecule has 25 heavy (non-hydrogen) atoms. The quantitative estimate of drug-likeness (QED) is 0.679. The maximum atomic E-state index is 12.5. The third-order valence-electron chi connectivity index (χ3n) is 3.64. The van der Waals surface area contributed by atoms with Gasteiger partial charge in [-0.15, -0.1) is 0 Å². The van der Waals surface area contributed by atoms with E-state index >= 15 is 0 Å². The average molecular weight is 345 g/mol. The van der Waals surface area contributed by atoms with Gasteiger partial charge < -0.3 is 9.64 Å². The van der Waals surface area contributed by atoms with Crippen molar-refractivity contribution in [3.05, 3.63) is 71.8 Å². The number of benzene rings is 2. The highest BCUT2D eigenvalue weighted by Gasteiger charge is 2.15. The average Bonchev–Trinajstić information content (AvgIpc) is 2.59. The van der Waals surface area contributed by atoms with Crippen molar-refractivity contribution in [2.45, 2.75) is 33.0 Å². The topological polar surface area (TPSA) is 29.5 Å². The van der Waals surface area contributed by atoms with E-state index in [1.807, 2.05) is 44.2 Å². The van der Waals surface area contributed by atoms with Crippen molar-refractivity contribution in [1.29, 1.82) is 0 Å². The molecule has 2 rings (SSSR count). The summed E-state index contributed by atoms with van der Waals surface area (Å²) in [7, 11) is 0. The fraction of sp³-hybridized carbons (Fsp3) is 0.250. The van der Waals surface area contributed by atoms with E-state index in [0.29, 0.717) is 12.1 Å². The van der Waals surface area contributed by atoms with E-state index in [0.717, 1.165) is 5.56 Å². The molecular weight excluding hydrogens is 324 g/mol. The van der Waals surface area contributed by atoms with E-state index < -0.39 is 6.61 Å². The first kappa shape index (κ1) is 18.6. The number of para-hydroxylation sites is 1. The Kier molecular flexibility index (Phi) is 6.69. The first-order valence-corrected chi connectivity index (χ1v) is 8.04. The van der Waals surface area contributed by atoms with Crippen molar-refractivity contribution in [3.63, 3.8) is 0 Å². The second kappa shape index (κ2) is 8.97. The minimum atomic E-state index is -2.91. The lowest BCUT2D eigenvalue weighted by Crippen LogP contribution is -2.35. The summed E-state index contributed by atoms with van der Waals surface area (Å²) in [5, 5.41) is 0. The second-order valence-corrected chi connectivity index (χ2v) is 5.80. The maximum absolute atomic E-state index is 12.5. The van der Waals surface area contributed by atoms with Crippen LogP contribution in [0.25, 0.3) is 6.08 Å². The number of ether oxygens (including phenoxy) is 1. The van der Waals surface area contributed by atoms with Crippen LogP contribution in [0, 0.1) is 0 Å². The summed E-state index contributed by atoms with van der Waals surface area (Å²) in [6, 6.07) is 16.1. The van der Waals surface area contributed by atoms with Crippen LogP contribution in [0.5, 0.6) is 5.75 Å². The van der Waals surface area contributed by atoms with Gasteiger partial charge in [-0.1, -0.05) is 48.5 Å². The highest BCUT2D eigenvalue weighted by atomic mass is 19.3. The van der Waals surface area contributed by atoms with E-state index in [2.05, 4.69) is 4.74 Å². The van der Waals surface area contributed by atoms with E-state index in [9.17, 15) is 13.6 Å². The van der Waals surface area contributed by atoms with E-state index in [-0.39, 0.29) is 17.7 Å². The van der Waals surface area contributed by atoms with Crippen LogP contribution in [0.3, 0.4) is 0 Å². The molecule has 0 atom stereocenters. The second-order valence-electron chi connectivity index (χ2n) is 5.80. The third-order valence-corrected chi connectivity index (χ3v) is 3.64. The Bertz CT molecular complexity index is 715. The van der Waals surface area contributed by atoms with E-state index in [1.165, 1.54) is 18.2 Å². The number of hydrogen-bond acceptors (Lipinski definition) is 2. The minimum absolute atomic E-state index is 0.00455. The molecule has 0 saturated carbocycles. The smallest absolute Gasteiger partial charge is 0.387 e. The molecule has 0 radical (unpaired) electrons. The number of amides is 1. The predicted molar refractivity (Wildman–Crippen MR) is 94.2 cm³/mol. The first-order chi connectivity index (χ1) is 12.0.